The summed E-state index contributed by atoms with van der Waals surface area (Å²) in [4.78, 5) is 10.7. The highest BCUT2D eigenvalue weighted by molar-refractivity contribution is 7.93. The number of carbonyl (C=O) groups is 1. The fourth-order valence-corrected chi connectivity index (χ4v) is 2.39. The van der Waals surface area contributed by atoms with Crippen LogP contribution in [0.1, 0.15) is 20.3 Å². The van der Waals surface area contributed by atoms with Crippen molar-refractivity contribution in [2.75, 3.05) is 6.54 Å². The van der Waals surface area contributed by atoms with E-state index in [1.807, 2.05) is 0 Å². The number of amides is 1. The van der Waals surface area contributed by atoms with Crippen LogP contribution in [0, 0.1) is 0 Å². The molecule has 0 aromatic heterocycles. The Balaban J connectivity index is 4.66. The normalized spacial score (nSPS) is 16.5. The van der Waals surface area contributed by atoms with Crippen molar-refractivity contribution in [2.24, 2.45) is 11.5 Å². The number of rotatable bonds is 5. The SMILES string of the molecule is CC(CCN)S(=O)(=O)C(C)C(N)=O. The molecule has 0 heterocycles. The molecule has 0 radical (unpaired) electrons. The first-order valence-electron chi connectivity index (χ1n) is 4.06. The molecule has 0 aliphatic heterocycles. The van der Waals surface area contributed by atoms with E-state index >= 15 is 0 Å². The second kappa shape index (κ2) is 4.57. The Hall–Kier alpha value is -0.620. The standard InChI is InChI=1S/C7H16N2O3S/c1-5(3-4-8)13(11,12)6(2)7(9)10/h5-6H,3-4,8H2,1-2H3,(H2,9,10). The first-order chi connectivity index (χ1) is 5.84. The zero-order valence-electron chi connectivity index (χ0n) is 7.86. The molecule has 0 saturated heterocycles. The van der Waals surface area contributed by atoms with Gasteiger partial charge in [-0.3, -0.25) is 4.79 Å². The first-order valence-corrected chi connectivity index (χ1v) is 5.67. The number of carbonyl (C=O) groups excluding carboxylic acids is 1. The van der Waals surface area contributed by atoms with Gasteiger partial charge in [-0.15, -0.1) is 0 Å². The van der Waals surface area contributed by atoms with Crippen LogP contribution < -0.4 is 11.5 Å². The van der Waals surface area contributed by atoms with E-state index in [1.54, 1.807) is 0 Å². The van der Waals surface area contributed by atoms with Crippen LogP contribution >= 0.6 is 0 Å². The Bertz CT molecular complexity index is 273. The largest absolute Gasteiger partial charge is 0.369 e. The van der Waals surface area contributed by atoms with E-state index in [-0.39, 0.29) is 6.54 Å². The van der Waals surface area contributed by atoms with Gasteiger partial charge in [0.1, 0.15) is 5.25 Å². The molecular weight excluding hydrogens is 192 g/mol. The lowest BCUT2D eigenvalue weighted by Crippen LogP contribution is -2.38. The van der Waals surface area contributed by atoms with Crippen LogP contribution in [0.5, 0.6) is 0 Å². The van der Waals surface area contributed by atoms with Gasteiger partial charge in [-0.25, -0.2) is 8.42 Å². The van der Waals surface area contributed by atoms with E-state index in [0.717, 1.165) is 0 Å². The summed E-state index contributed by atoms with van der Waals surface area (Å²) in [7, 11) is -3.45. The predicted octanol–water partition coefficient (Wildman–Crippen LogP) is -0.988. The average Bonchev–Trinajstić information content (AvgIpc) is 2.03. The third-order valence-electron chi connectivity index (χ3n) is 2.03. The molecule has 0 aliphatic carbocycles. The van der Waals surface area contributed by atoms with Gasteiger partial charge < -0.3 is 11.5 Å². The molecule has 5 nitrogen and oxygen atoms in total. The van der Waals surface area contributed by atoms with Gasteiger partial charge in [0, 0.05) is 0 Å². The topological polar surface area (TPSA) is 103 Å². The fraction of sp³-hybridized carbons (Fsp3) is 0.857. The maximum absolute atomic E-state index is 11.5. The fourth-order valence-electron chi connectivity index (χ4n) is 0.909. The lowest BCUT2D eigenvalue weighted by molar-refractivity contribution is -0.117. The Kier molecular flexibility index (Phi) is 4.35. The molecule has 13 heavy (non-hydrogen) atoms. The number of hydrogen-bond donors (Lipinski definition) is 2. The van der Waals surface area contributed by atoms with E-state index in [2.05, 4.69) is 0 Å². The third-order valence-corrected chi connectivity index (χ3v) is 4.60. The summed E-state index contributed by atoms with van der Waals surface area (Å²) >= 11 is 0. The molecule has 0 rings (SSSR count). The molecule has 78 valence electrons. The van der Waals surface area contributed by atoms with Crippen LogP contribution in [-0.2, 0) is 14.6 Å². The van der Waals surface area contributed by atoms with E-state index in [4.69, 9.17) is 11.5 Å². The van der Waals surface area contributed by atoms with Gasteiger partial charge in [0.2, 0.25) is 5.91 Å². The zero-order chi connectivity index (χ0) is 10.6. The van der Waals surface area contributed by atoms with Gasteiger partial charge in [0.25, 0.3) is 0 Å². The quantitative estimate of drug-likeness (QED) is 0.605. The van der Waals surface area contributed by atoms with Crippen LogP contribution in [0.3, 0.4) is 0 Å². The minimum absolute atomic E-state index is 0.284. The Morgan fingerprint density at radius 3 is 2.15 bits per heavy atom. The van der Waals surface area contributed by atoms with Gasteiger partial charge in [-0.2, -0.15) is 0 Å². The zero-order valence-corrected chi connectivity index (χ0v) is 8.67. The number of sulfone groups is 1. The summed E-state index contributed by atoms with van der Waals surface area (Å²) in [6.07, 6.45) is 0.347. The summed E-state index contributed by atoms with van der Waals surface area (Å²) in [5, 5.41) is -1.74. The molecule has 6 heteroatoms. The Morgan fingerprint density at radius 2 is 1.85 bits per heavy atom. The minimum atomic E-state index is -3.45. The van der Waals surface area contributed by atoms with Crippen molar-refractivity contribution in [2.45, 2.75) is 30.8 Å². The summed E-state index contributed by atoms with van der Waals surface area (Å²) in [6, 6.07) is 0. The number of nitrogens with two attached hydrogens (primary N) is 2. The molecule has 2 unspecified atom stereocenters. The summed E-state index contributed by atoms with van der Waals surface area (Å²) in [5.41, 5.74) is 10.1. The van der Waals surface area contributed by atoms with E-state index in [9.17, 15) is 13.2 Å². The second-order valence-corrected chi connectivity index (χ2v) is 5.71. The Morgan fingerprint density at radius 1 is 1.38 bits per heavy atom. The monoisotopic (exact) mass is 208 g/mol. The number of hydrogen-bond acceptors (Lipinski definition) is 4. The molecule has 0 spiro atoms. The second-order valence-electron chi connectivity index (χ2n) is 3.02. The number of primary amides is 1. The van der Waals surface area contributed by atoms with Crippen LogP contribution in [-0.4, -0.2) is 31.4 Å². The average molecular weight is 208 g/mol. The lowest BCUT2D eigenvalue weighted by Gasteiger charge is -2.15. The van der Waals surface area contributed by atoms with Gasteiger partial charge in [-0.05, 0) is 26.8 Å². The molecule has 0 aromatic carbocycles. The highest BCUT2D eigenvalue weighted by atomic mass is 32.2. The van der Waals surface area contributed by atoms with Gasteiger partial charge in [-0.1, -0.05) is 0 Å². The van der Waals surface area contributed by atoms with Crippen molar-refractivity contribution in [1.82, 2.24) is 0 Å². The lowest BCUT2D eigenvalue weighted by atomic mass is 10.3. The van der Waals surface area contributed by atoms with Crippen molar-refractivity contribution < 1.29 is 13.2 Å². The summed E-state index contributed by atoms with van der Waals surface area (Å²) in [5.74, 6) is -0.816. The van der Waals surface area contributed by atoms with Crippen LogP contribution in [0.25, 0.3) is 0 Å². The molecule has 1 amide bonds. The molecule has 0 saturated carbocycles. The third kappa shape index (κ3) is 2.96. The summed E-state index contributed by atoms with van der Waals surface area (Å²) in [6.45, 7) is 3.11. The van der Waals surface area contributed by atoms with Gasteiger partial charge in [0.05, 0.1) is 5.25 Å². The molecule has 0 aliphatic rings. The van der Waals surface area contributed by atoms with Crippen LogP contribution in [0.15, 0.2) is 0 Å². The Labute approximate surface area is 78.4 Å². The van der Waals surface area contributed by atoms with Crippen LogP contribution in [0.4, 0.5) is 0 Å². The molecular formula is C7H16N2O3S. The van der Waals surface area contributed by atoms with Crippen molar-refractivity contribution in [3.63, 3.8) is 0 Å². The molecule has 2 atom stereocenters. The van der Waals surface area contributed by atoms with E-state index < -0.39 is 26.2 Å². The highest BCUT2D eigenvalue weighted by Crippen LogP contribution is 2.11. The molecule has 0 bridgehead atoms. The highest BCUT2D eigenvalue weighted by Gasteiger charge is 2.30. The van der Waals surface area contributed by atoms with Crippen molar-refractivity contribution in [3.8, 4) is 0 Å². The molecule has 0 aromatic rings. The van der Waals surface area contributed by atoms with E-state index in [1.165, 1.54) is 13.8 Å². The van der Waals surface area contributed by atoms with E-state index in [0.29, 0.717) is 6.42 Å². The first kappa shape index (κ1) is 12.4. The summed E-state index contributed by atoms with van der Waals surface area (Å²) < 4.78 is 23.0. The van der Waals surface area contributed by atoms with Gasteiger partial charge >= 0.3 is 0 Å². The molecule has 0 fully saturated rings. The van der Waals surface area contributed by atoms with Crippen molar-refractivity contribution in [1.29, 1.82) is 0 Å². The smallest absolute Gasteiger partial charge is 0.235 e. The minimum Gasteiger partial charge on any atom is -0.369 e. The van der Waals surface area contributed by atoms with Crippen LogP contribution in [0.2, 0.25) is 0 Å². The van der Waals surface area contributed by atoms with Crippen molar-refractivity contribution in [3.05, 3.63) is 0 Å². The molecule has 4 N–H and O–H groups in total. The maximum atomic E-state index is 11.5. The maximum Gasteiger partial charge on any atom is 0.235 e. The predicted molar refractivity (Wildman–Crippen MR) is 50.7 cm³/mol. The van der Waals surface area contributed by atoms with Crippen molar-refractivity contribution >= 4 is 15.7 Å². The van der Waals surface area contributed by atoms with Gasteiger partial charge in [0.15, 0.2) is 9.84 Å².